The van der Waals surface area contributed by atoms with Crippen LogP contribution < -0.4 is 0 Å². The van der Waals surface area contributed by atoms with E-state index >= 15 is 0 Å². The molecular weight excluding hydrogens is 354 g/mol. The average Bonchev–Trinajstić information content (AvgIpc) is 3.13. The van der Waals surface area contributed by atoms with Crippen LogP contribution in [-0.2, 0) is 27.4 Å². The van der Waals surface area contributed by atoms with Crippen molar-refractivity contribution in [2.45, 2.75) is 45.8 Å². The van der Waals surface area contributed by atoms with E-state index in [1.165, 1.54) is 11.1 Å². The van der Waals surface area contributed by atoms with E-state index in [-0.39, 0.29) is 5.91 Å². The third-order valence-electron chi connectivity index (χ3n) is 5.26. The molecule has 0 N–H and O–H groups in total. The SMILES string of the molecule is COCCOCn1ccnc1C1CCN(C(=O)Cc2cc(C)cc(C)c2)CC1. The summed E-state index contributed by atoms with van der Waals surface area (Å²) in [5, 5.41) is 0. The van der Waals surface area contributed by atoms with Gasteiger partial charge in [-0.1, -0.05) is 29.3 Å². The Bertz CT molecular complexity index is 759. The minimum Gasteiger partial charge on any atom is -0.382 e. The molecule has 1 amide bonds. The second-order valence-corrected chi connectivity index (χ2v) is 7.61. The fourth-order valence-corrected chi connectivity index (χ4v) is 3.94. The number of amides is 1. The minimum absolute atomic E-state index is 0.217. The Morgan fingerprint density at radius 3 is 2.54 bits per heavy atom. The third-order valence-corrected chi connectivity index (χ3v) is 5.26. The number of hydrogen-bond acceptors (Lipinski definition) is 4. The van der Waals surface area contributed by atoms with Crippen LogP contribution in [-0.4, -0.2) is 53.8 Å². The van der Waals surface area contributed by atoms with Gasteiger partial charge in [-0.15, -0.1) is 0 Å². The van der Waals surface area contributed by atoms with E-state index in [1.807, 2.05) is 17.3 Å². The highest BCUT2D eigenvalue weighted by molar-refractivity contribution is 5.79. The number of benzene rings is 1. The van der Waals surface area contributed by atoms with Crippen LogP contribution in [0.25, 0.3) is 0 Å². The minimum atomic E-state index is 0.217. The van der Waals surface area contributed by atoms with Gasteiger partial charge in [0.15, 0.2) is 0 Å². The molecule has 0 spiro atoms. The molecule has 0 saturated carbocycles. The second kappa shape index (κ2) is 9.85. The van der Waals surface area contributed by atoms with Crippen molar-refractivity contribution in [1.82, 2.24) is 14.5 Å². The lowest BCUT2D eigenvalue weighted by molar-refractivity contribution is -0.131. The van der Waals surface area contributed by atoms with E-state index in [0.29, 0.717) is 32.3 Å². The summed E-state index contributed by atoms with van der Waals surface area (Å²) in [4.78, 5) is 19.3. The van der Waals surface area contributed by atoms with Crippen LogP contribution in [0.15, 0.2) is 30.6 Å². The van der Waals surface area contributed by atoms with Crippen molar-refractivity contribution >= 4 is 5.91 Å². The molecule has 6 nitrogen and oxygen atoms in total. The standard InChI is InChI=1S/C22H31N3O3/c1-17-12-18(2)14-19(13-17)15-21(26)24-7-4-20(5-8-24)22-23-6-9-25(22)16-28-11-10-27-3/h6,9,12-14,20H,4-5,7-8,10-11,15-16H2,1-3H3. The average molecular weight is 386 g/mol. The van der Waals surface area contributed by atoms with Gasteiger partial charge in [0.2, 0.25) is 5.91 Å². The van der Waals surface area contributed by atoms with Gasteiger partial charge in [-0.25, -0.2) is 4.98 Å². The molecule has 1 aliphatic heterocycles. The molecule has 1 aliphatic rings. The molecule has 3 rings (SSSR count). The molecule has 6 heteroatoms. The smallest absolute Gasteiger partial charge is 0.226 e. The number of likely N-dealkylation sites (tertiary alicyclic amines) is 1. The molecule has 1 aromatic heterocycles. The molecule has 0 unspecified atom stereocenters. The summed E-state index contributed by atoms with van der Waals surface area (Å²) < 4.78 is 12.7. The molecule has 2 heterocycles. The summed E-state index contributed by atoms with van der Waals surface area (Å²) in [6.45, 7) is 7.37. The zero-order valence-corrected chi connectivity index (χ0v) is 17.2. The fourth-order valence-electron chi connectivity index (χ4n) is 3.94. The van der Waals surface area contributed by atoms with Gasteiger partial charge >= 0.3 is 0 Å². The van der Waals surface area contributed by atoms with E-state index < -0.39 is 0 Å². The Balaban J connectivity index is 1.52. The van der Waals surface area contributed by atoms with Gasteiger partial charge in [0.1, 0.15) is 12.6 Å². The van der Waals surface area contributed by atoms with Gasteiger partial charge in [0, 0.05) is 38.5 Å². The fraction of sp³-hybridized carbons (Fsp3) is 0.545. The van der Waals surface area contributed by atoms with Crippen molar-refractivity contribution in [3.8, 4) is 0 Å². The Kier molecular flexibility index (Phi) is 7.23. The van der Waals surface area contributed by atoms with Gasteiger partial charge in [-0.05, 0) is 32.3 Å². The van der Waals surface area contributed by atoms with E-state index in [4.69, 9.17) is 9.47 Å². The predicted molar refractivity (Wildman–Crippen MR) is 108 cm³/mol. The van der Waals surface area contributed by atoms with Crippen molar-refractivity contribution < 1.29 is 14.3 Å². The number of piperidine rings is 1. The first kappa shape index (κ1) is 20.6. The lowest BCUT2D eigenvalue weighted by atomic mass is 9.95. The molecule has 1 aromatic carbocycles. The highest BCUT2D eigenvalue weighted by atomic mass is 16.5. The first-order valence-electron chi connectivity index (χ1n) is 9.99. The van der Waals surface area contributed by atoms with Gasteiger partial charge in [-0.2, -0.15) is 0 Å². The Hall–Kier alpha value is -2.18. The first-order chi connectivity index (χ1) is 13.6. The summed E-state index contributed by atoms with van der Waals surface area (Å²) in [6, 6.07) is 6.36. The van der Waals surface area contributed by atoms with Crippen LogP contribution >= 0.6 is 0 Å². The lowest BCUT2D eigenvalue weighted by Gasteiger charge is -2.32. The Morgan fingerprint density at radius 1 is 1.14 bits per heavy atom. The number of carbonyl (C=O) groups is 1. The van der Waals surface area contributed by atoms with Gasteiger partial charge in [-0.3, -0.25) is 4.79 Å². The lowest BCUT2D eigenvalue weighted by Crippen LogP contribution is -2.39. The molecule has 0 radical (unpaired) electrons. The number of aryl methyl sites for hydroxylation is 2. The third kappa shape index (κ3) is 5.42. The number of imidazole rings is 1. The van der Waals surface area contributed by atoms with Crippen LogP contribution in [0, 0.1) is 13.8 Å². The number of hydrogen-bond donors (Lipinski definition) is 0. The largest absolute Gasteiger partial charge is 0.382 e. The van der Waals surface area contributed by atoms with Crippen molar-refractivity contribution in [3.63, 3.8) is 0 Å². The maximum Gasteiger partial charge on any atom is 0.226 e. The zero-order valence-electron chi connectivity index (χ0n) is 17.2. The molecule has 2 aromatic rings. The molecule has 1 saturated heterocycles. The van der Waals surface area contributed by atoms with Crippen molar-refractivity contribution in [1.29, 1.82) is 0 Å². The van der Waals surface area contributed by atoms with Crippen LogP contribution in [0.5, 0.6) is 0 Å². The highest BCUT2D eigenvalue weighted by Gasteiger charge is 2.26. The van der Waals surface area contributed by atoms with Gasteiger partial charge < -0.3 is 18.9 Å². The molecule has 0 atom stereocenters. The van der Waals surface area contributed by atoms with E-state index in [9.17, 15) is 4.79 Å². The molecular formula is C22H31N3O3. The topological polar surface area (TPSA) is 56.6 Å². The van der Waals surface area contributed by atoms with Crippen LogP contribution in [0.2, 0.25) is 0 Å². The van der Waals surface area contributed by atoms with E-state index in [2.05, 4.69) is 41.6 Å². The first-order valence-corrected chi connectivity index (χ1v) is 9.99. The number of aromatic nitrogens is 2. The summed E-state index contributed by atoms with van der Waals surface area (Å²) >= 11 is 0. The van der Waals surface area contributed by atoms with Gasteiger partial charge in [0.25, 0.3) is 0 Å². The Labute approximate surface area is 167 Å². The Morgan fingerprint density at radius 2 is 1.86 bits per heavy atom. The second-order valence-electron chi connectivity index (χ2n) is 7.61. The number of methoxy groups -OCH3 is 1. The quantitative estimate of drug-likeness (QED) is 0.656. The molecule has 28 heavy (non-hydrogen) atoms. The molecule has 152 valence electrons. The number of ether oxygens (including phenoxy) is 2. The van der Waals surface area contributed by atoms with Gasteiger partial charge in [0.05, 0.1) is 19.6 Å². The van der Waals surface area contributed by atoms with Crippen molar-refractivity contribution in [2.75, 3.05) is 33.4 Å². The number of nitrogens with zero attached hydrogens (tertiary/aromatic N) is 3. The maximum atomic E-state index is 12.7. The summed E-state index contributed by atoms with van der Waals surface area (Å²) in [5.41, 5.74) is 3.52. The molecule has 0 aliphatic carbocycles. The normalized spacial score (nSPS) is 15.2. The molecule has 1 fully saturated rings. The van der Waals surface area contributed by atoms with E-state index in [1.54, 1.807) is 7.11 Å². The summed E-state index contributed by atoms with van der Waals surface area (Å²) in [7, 11) is 1.67. The number of rotatable bonds is 8. The van der Waals surface area contributed by atoms with Crippen LogP contribution in [0.3, 0.4) is 0 Å². The van der Waals surface area contributed by atoms with E-state index in [0.717, 1.165) is 37.3 Å². The van der Waals surface area contributed by atoms with Crippen LogP contribution in [0.1, 0.15) is 41.3 Å². The number of carbonyl (C=O) groups excluding carboxylic acids is 1. The predicted octanol–water partition coefficient (Wildman–Crippen LogP) is 3.07. The highest BCUT2D eigenvalue weighted by Crippen LogP contribution is 2.27. The summed E-state index contributed by atoms with van der Waals surface area (Å²) in [5.74, 6) is 1.64. The monoisotopic (exact) mass is 385 g/mol. The zero-order chi connectivity index (χ0) is 19.9. The maximum absolute atomic E-state index is 12.7. The van der Waals surface area contributed by atoms with Crippen molar-refractivity contribution in [3.05, 3.63) is 53.1 Å². The summed E-state index contributed by atoms with van der Waals surface area (Å²) in [6.07, 6.45) is 6.14. The van der Waals surface area contributed by atoms with Crippen LogP contribution in [0.4, 0.5) is 0 Å². The van der Waals surface area contributed by atoms with Crippen molar-refractivity contribution in [2.24, 2.45) is 0 Å². The molecule has 0 bridgehead atoms.